The molecular weight excluding hydrogens is 342 g/mol. The van der Waals surface area contributed by atoms with Crippen LogP contribution in [0.5, 0.6) is 0 Å². The molecule has 0 N–H and O–H groups in total. The van der Waals surface area contributed by atoms with Crippen LogP contribution in [-0.4, -0.2) is 50.0 Å². The highest BCUT2D eigenvalue weighted by molar-refractivity contribution is 7.86. The molecule has 0 bridgehead atoms. The van der Waals surface area contributed by atoms with Crippen LogP contribution in [0.2, 0.25) is 0 Å². The van der Waals surface area contributed by atoms with E-state index in [4.69, 9.17) is 8.92 Å². The largest absolute Gasteiger partial charge is 0.444 e. The molecule has 2 atom stereocenters. The minimum absolute atomic E-state index is 0.169. The maximum Gasteiger partial charge on any atom is 0.410 e. The number of ether oxygens (including phenoxy) is 1. The fourth-order valence-electron chi connectivity index (χ4n) is 2.99. The number of hydrogen-bond acceptors (Lipinski definition) is 5. The highest BCUT2D eigenvalue weighted by atomic mass is 32.2. The Kier molecular flexibility index (Phi) is 6.11. The first-order valence-electron chi connectivity index (χ1n) is 8.45. The summed E-state index contributed by atoms with van der Waals surface area (Å²) in [6.45, 7) is 5.90. The monoisotopic (exact) mass is 369 g/mol. The van der Waals surface area contributed by atoms with Crippen molar-refractivity contribution in [3.05, 3.63) is 35.9 Å². The lowest BCUT2D eigenvalue weighted by molar-refractivity contribution is -0.00294. The second kappa shape index (κ2) is 7.74. The molecule has 7 heteroatoms. The zero-order valence-corrected chi connectivity index (χ0v) is 16.1. The van der Waals surface area contributed by atoms with E-state index in [2.05, 4.69) is 0 Å². The Morgan fingerprint density at radius 3 is 2.44 bits per heavy atom. The van der Waals surface area contributed by atoms with Crippen LogP contribution in [0, 0.1) is 0 Å². The Morgan fingerprint density at radius 1 is 1.24 bits per heavy atom. The maximum absolute atomic E-state index is 12.6. The molecule has 6 nitrogen and oxygen atoms in total. The van der Waals surface area contributed by atoms with E-state index in [1.54, 1.807) is 4.90 Å². The van der Waals surface area contributed by atoms with Crippen LogP contribution in [0.15, 0.2) is 30.3 Å². The van der Waals surface area contributed by atoms with Crippen LogP contribution < -0.4 is 0 Å². The summed E-state index contributed by atoms with van der Waals surface area (Å²) in [4.78, 5) is 14.2. The van der Waals surface area contributed by atoms with Gasteiger partial charge in [-0.2, -0.15) is 8.42 Å². The Bertz CT molecular complexity index is 681. The molecule has 0 saturated carbocycles. The number of piperidine rings is 1. The van der Waals surface area contributed by atoms with Crippen molar-refractivity contribution in [2.45, 2.75) is 57.8 Å². The van der Waals surface area contributed by atoms with Gasteiger partial charge in [-0.25, -0.2) is 4.79 Å². The Hall–Kier alpha value is -1.60. The van der Waals surface area contributed by atoms with Crippen LogP contribution >= 0.6 is 0 Å². The van der Waals surface area contributed by atoms with E-state index < -0.39 is 21.8 Å². The van der Waals surface area contributed by atoms with Gasteiger partial charge in [-0.3, -0.25) is 4.18 Å². The van der Waals surface area contributed by atoms with E-state index >= 15 is 0 Å². The molecule has 1 saturated heterocycles. The third-order valence-electron chi connectivity index (χ3n) is 3.92. The molecule has 1 heterocycles. The second-order valence-corrected chi connectivity index (χ2v) is 9.06. The van der Waals surface area contributed by atoms with Gasteiger partial charge in [0.25, 0.3) is 10.1 Å². The van der Waals surface area contributed by atoms with E-state index in [-0.39, 0.29) is 12.1 Å². The molecule has 0 spiro atoms. The fourth-order valence-corrected chi connectivity index (χ4v) is 3.66. The predicted octanol–water partition coefficient (Wildman–Crippen LogP) is 2.97. The van der Waals surface area contributed by atoms with Gasteiger partial charge >= 0.3 is 6.09 Å². The number of benzene rings is 1. The molecule has 0 radical (unpaired) electrons. The van der Waals surface area contributed by atoms with Crippen LogP contribution in [0.4, 0.5) is 4.79 Å². The van der Waals surface area contributed by atoms with E-state index in [9.17, 15) is 13.2 Å². The smallest absolute Gasteiger partial charge is 0.410 e. The molecule has 0 aliphatic carbocycles. The Labute approximate surface area is 150 Å². The maximum atomic E-state index is 12.6. The van der Waals surface area contributed by atoms with Gasteiger partial charge in [0.1, 0.15) is 5.60 Å². The van der Waals surface area contributed by atoms with Crippen LogP contribution in [0.3, 0.4) is 0 Å². The van der Waals surface area contributed by atoms with Gasteiger partial charge in [-0.1, -0.05) is 30.3 Å². The van der Waals surface area contributed by atoms with E-state index in [0.29, 0.717) is 25.8 Å². The van der Waals surface area contributed by atoms with E-state index in [0.717, 1.165) is 11.8 Å². The average Bonchev–Trinajstić information content (AvgIpc) is 2.45. The molecule has 1 aromatic carbocycles. The zero-order chi connectivity index (χ0) is 18.7. The molecule has 1 fully saturated rings. The lowest BCUT2D eigenvalue weighted by Gasteiger charge is -2.39. The van der Waals surface area contributed by atoms with Crippen LogP contribution in [-0.2, 0) is 25.5 Å². The average molecular weight is 369 g/mol. The molecule has 2 unspecified atom stereocenters. The quantitative estimate of drug-likeness (QED) is 0.763. The highest BCUT2D eigenvalue weighted by Crippen LogP contribution is 2.26. The molecule has 1 amide bonds. The predicted molar refractivity (Wildman–Crippen MR) is 95.8 cm³/mol. The highest BCUT2D eigenvalue weighted by Gasteiger charge is 2.35. The summed E-state index contributed by atoms with van der Waals surface area (Å²) >= 11 is 0. The van der Waals surface area contributed by atoms with Crippen LogP contribution in [0.1, 0.15) is 39.2 Å². The number of hydrogen-bond donors (Lipinski definition) is 0. The van der Waals surface area contributed by atoms with Crippen molar-refractivity contribution < 1.29 is 22.1 Å². The first-order chi connectivity index (χ1) is 11.5. The lowest BCUT2D eigenvalue weighted by atomic mass is 9.94. The van der Waals surface area contributed by atoms with Crippen molar-refractivity contribution in [3.8, 4) is 0 Å². The molecule has 2 rings (SSSR count). The SMILES string of the molecule is CC(C)(C)OC(=O)N1CCC(OS(C)(=O)=O)CC1Cc1ccccc1. The van der Waals surface area contributed by atoms with Gasteiger partial charge < -0.3 is 9.64 Å². The molecule has 1 aromatic rings. The zero-order valence-electron chi connectivity index (χ0n) is 15.3. The van der Waals surface area contributed by atoms with Gasteiger partial charge in [0.2, 0.25) is 0 Å². The van der Waals surface area contributed by atoms with Gasteiger partial charge in [0.15, 0.2) is 0 Å². The van der Waals surface area contributed by atoms with Crippen molar-refractivity contribution >= 4 is 16.2 Å². The van der Waals surface area contributed by atoms with Crippen molar-refractivity contribution in [1.29, 1.82) is 0 Å². The Morgan fingerprint density at radius 2 is 1.88 bits per heavy atom. The van der Waals surface area contributed by atoms with Crippen molar-refractivity contribution in [1.82, 2.24) is 4.90 Å². The number of nitrogens with zero attached hydrogens (tertiary/aromatic N) is 1. The lowest BCUT2D eigenvalue weighted by Crippen LogP contribution is -2.50. The number of amides is 1. The molecule has 25 heavy (non-hydrogen) atoms. The van der Waals surface area contributed by atoms with Gasteiger partial charge in [-0.05, 0) is 45.6 Å². The van der Waals surface area contributed by atoms with E-state index in [1.165, 1.54) is 0 Å². The number of carbonyl (C=O) groups excluding carboxylic acids is 1. The summed E-state index contributed by atoms with van der Waals surface area (Å²) in [5.41, 5.74) is 0.509. The summed E-state index contributed by atoms with van der Waals surface area (Å²) in [6, 6.07) is 9.65. The number of likely N-dealkylation sites (tertiary alicyclic amines) is 1. The molecular formula is C18H27NO5S. The number of rotatable bonds is 4. The summed E-state index contributed by atoms with van der Waals surface area (Å²) in [7, 11) is -3.52. The van der Waals surface area contributed by atoms with Crippen molar-refractivity contribution in [3.63, 3.8) is 0 Å². The van der Waals surface area contributed by atoms with E-state index in [1.807, 2.05) is 51.1 Å². The van der Waals surface area contributed by atoms with Crippen molar-refractivity contribution in [2.75, 3.05) is 12.8 Å². The minimum Gasteiger partial charge on any atom is -0.444 e. The van der Waals surface area contributed by atoms with Crippen LogP contribution in [0.25, 0.3) is 0 Å². The minimum atomic E-state index is -3.52. The van der Waals surface area contributed by atoms with Crippen molar-refractivity contribution in [2.24, 2.45) is 0 Å². The molecule has 0 aromatic heterocycles. The summed E-state index contributed by atoms with van der Waals surface area (Å²) < 4.78 is 33.6. The standard InChI is InChI=1S/C18H27NO5S/c1-18(2,3)23-17(20)19-11-10-16(24-25(4,21)22)13-15(19)12-14-8-6-5-7-9-14/h5-9,15-16H,10-13H2,1-4H3. The molecule has 1 aliphatic rings. The first kappa shape index (κ1) is 19.7. The third-order valence-corrected chi connectivity index (χ3v) is 4.54. The fraction of sp³-hybridized carbons (Fsp3) is 0.611. The number of carbonyl (C=O) groups is 1. The second-order valence-electron chi connectivity index (χ2n) is 7.46. The Balaban J connectivity index is 2.15. The van der Waals surface area contributed by atoms with Gasteiger partial charge in [0, 0.05) is 12.6 Å². The summed E-state index contributed by atoms with van der Waals surface area (Å²) in [5.74, 6) is 0. The first-order valence-corrected chi connectivity index (χ1v) is 10.3. The summed E-state index contributed by atoms with van der Waals surface area (Å²) in [5, 5.41) is 0. The summed E-state index contributed by atoms with van der Waals surface area (Å²) in [6.07, 6.45) is 1.83. The topological polar surface area (TPSA) is 72.9 Å². The van der Waals surface area contributed by atoms with Gasteiger partial charge in [0.05, 0.1) is 12.4 Å². The normalized spacial score (nSPS) is 21.8. The molecule has 140 valence electrons. The van der Waals surface area contributed by atoms with Gasteiger partial charge in [-0.15, -0.1) is 0 Å². The molecule has 1 aliphatic heterocycles. The third kappa shape index (κ3) is 6.66.